The van der Waals surface area contributed by atoms with Crippen LogP contribution in [0.2, 0.25) is 0 Å². The van der Waals surface area contributed by atoms with Crippen molar-refractivity contribution in [3.63, 3.8) is 0 Å². The number of amides is 1. The van der Waals surface area contributed by atoms with Crippen LogP contribution >= 0.6 is 0 Å². The standard InChI is InChI=1S/C16H20N2O2/c17-9-12-5-3-6-13(12)10-18-16(19)15-8-11-4-1-2-7-14(11)20-15/h1-2,4,7-8,12-13H,3,5-6,9-10,17H2,(H,18,19). The highest BCUT2D eigenvalue weighted by Crippen LogP contribution is 2.30. The number of furan rings is 1. The first-order valence-electron chi connectivity index (χ1n) is 7.25. The Balaban J connectivity index is 1.64. The molecule has 0 spiro atoms. The van der Waals surface area contributed by atoms with Crippen molar-refractivity contribution in [3.8, 4) is 0 Å². The van der Waals surface area contributed by atoms with Gasteiger partial charge in [0.25, 0.3) is 5.91 Å². The van der Waals surface area contributed by atoms with E-state index in [1.54, 1.807) is 6.07 Å². The molecule has 20 heavy (non-hydrogen) atoms. The van der Waals surface area contributed by atoms with Crippen molar-refractivity contribution >= 4 is 16.9 Å². The van der Waals surface area contributed by atoms with Gasteiger partial charge in [-0.05, 0) is 43.4 Å². The van der Waals surface area contributed by atoms with Crippen molar-refractivity contribution in [3.05, 3.63) is 36.1 Å². The van der Waals surface area contributed by atoms with E-state index in [1.165, 1.54) is 12.8 Å². The third-order valence-electron chi connectivity index (χ3n) is 4.29. The summed E-state index contributed by atoms with van der Waals surface area (Å²) in [5.74, 6) is 1.30. The third kappa shape index (κ3) is 2.56. The van der Waals surface area contributed by atoms with Crippen LogP contribution in [-0.4, -0.2) is 19.0 Å². The van der Waals surface area contributed by atoms with E-state index in [2.05, 4.69) is 5.32 Å². The van der Waals surface area contributed by atoms with Gasteiger partial charge in [-0.15, -0.1) is 0 Å². The van der Waals surface area contributed by atoms with Crippen molar-refractivity contribution in [2.45, 2.75) is 19.3 Å². The maximum Gasteiger partial charge on any atom is 0.287 e. The Morgan fingerprint density at radius 3 is 2.90 bits per heavy atom. The number of para-hydroxylation sites is 1. The lowest BCUT2D eigenvalue weighted by Gasteiger charge is -2.17. The average molecular weight is 272 g/mol. The smallest absolute Gasteiger partial charge is 0.287 e. The van der Waals surface area contributed by atoms with Gasteiger partial charge in [-0.1, -0.05) is 24.6 Å². The lowest BCUT2D eigenvalue weighted by atomic mass is 9.96. The molecule has 2 aromatic rings. The molecule has 3 N–H and O–H groups in total. The van der Waals surface area contributed by atoms with Crippen molar-refractivity contribution in [2.24, 2.45) is 17.6 Å². The van der Waals surface area contributed by atoms with Crippen molar-refractivity contribution in [1.82, 2.24) is 5.32 Å². The molecule has 0 saturated heterocycles. The normalized spacial score (nSPS) is 22.2. The molecule has 0 radical (unpaired) electrons. The molecule has 1 saturated carbocycles. The zero-order valence-corrected chi connectivity index (χ0v) is 11.5. The van der Waals surface area contributed by atoms with Gasteiger partial charge in [0.15, 0.2) is 5.76 Å². The summed E-state index contributed by atoms with van der Waals surface area (Å²) in [5.41, 5.74) is 6.51. The Morgan fingerprint density at radius 2 is 2.10 bits per heavy atom. The first kappa shape index (κ1) is 13.2. The van der Waals surface area contributed by atoms with E-state index < -0.39 is 0 Å². The molecule has 2 unspecified atom stereocenters. The zero-order chi connectivity index (χ0) is 13.9. The van der Waals surface area contributed by atoms with Crippen LogP contribution in [-0.2, 0) is 0 Å². The second-order valence-corrected chi connectivity index (χ2v) is 5.55. The van der Waals surface area contributed by atoms with Crippen molar-refractivity contribution in [1.29, 1.82) is 0 Å². The maximum absolute atomic E-state index is 12.1. The number of nitrogens with two attached hydrogens (primary N) is 1. The van der Waals surface area contributed by atoms with Gasteiger partial charge >= 0.3 is 0 Å². The Labute approximate surface area is 118 Å². The molecule has 3 rings (SSSR count). The van der Waals surface area contributed by atoms with Gasteiger partial charge in [-0.3, -0.25) is 4.79 Å². The van der Waals surface area contributed by atoms with Crippen LogP contribution in [0.1, 0.15) is 29.8 Å². The second kappa shape index (κ2) is 5.67. The van der Waals surface area contributed by atoms with E-state index in [-0.39, 0.29) is 5.91 Å². The molecule has 1 aliphatic carbocycles. The Kier molecular flexibility index (Phi) is 3.74. The van der Waals surface area contributed by atoms with Crippen LogP contribution in [0.3, 0.4) is 0 Å². The molecular weight excluding hydrogens is 252 g/mol. The number of carbonyl (C=O) groups is 1. The molecule has 1 aliphatic rings. The molecule has 106 valence electrons. The van der Waals surface area contributed by atoms with Crippen LogP contribution < -0.4 is 11.1 Å². The third-order valence-corrected chi connectivity index (χ3v) is 4.29. The number of nitrogens with one attached hydrogen (secondary N) is 1. The summed E-state index contributed by atoms with van der Waals surface area (Å²) < 4.78 is 5.56. The zero-order valence-electron chi connectivity index (χ0n) is 11.5. The van der Waals surface area contributed by atoms with E-state index in [4.69, 9.17) is 10.2 Å². The number of fused-ring (bicyclic) bond motifs is 1. The fraction of sp³-hybridized carbons (Fsp3) is 0.438. The second-order valence-electron chi connectivity index (χ2n) is 5.55. The molecule has 1 aromatic carbocycles. The predicted molar refractivity (Wildman–Crippen MR) is 78.4 cm³/mol. The van der Waals surface area contributed by atoms with Gasteiger partial charge in [-0.25, -0.2) is 0 Å². The lowest BCUT2D eigenvalue weighted by molar-refractivity contribution is 0.0918. The summed E-state index contributed by atoms with van der Waals surface area (Å²) in [6.07, 6.45) is 3.55. The van der Waals surface area contributed by atoms with Crippen molar-refractivity contribution < 1.29 is 9.21 Å². The van der Waals surface area contributed by atoms with Gasteiger partial charge in [0.05, 0.1) is 0 Å². The van der Waals surface area contributed by atoms with Gasteiger partial charge in [-0.2, -0.15) is 0 Å². The van der Waals surface area contributed by atoms with Crippen molar-refractivity contribution in [2.75, 3.05) is 13.1 Å². The van der Waals surface area contributed by atoms with E-state index in [1.807, 2.05) is 24.3 Å². The summed E-state index contributed by atoms with van der Waals surface area (Å²) in [5, 5.41) is 3.93. The summed E-state index contributed by atoms with van der Waals surface area (Å²) >= 11 is 0. The Bertz CT molecular complexity index is 572. The molecule has 4 heteroatoms. The van der Waals surface area contributed by atoms with E-state index >= 15 is 0 Å². The maximum atomic E-state index is 12.1. The average Bonchev–Trinajstić information content (AvgIpc) is 3.10. The van der Waals surface area contributed by atoms with Gasteiger partial charge in [0.1, 0.15) is 5.58 Å². The molecule has 2 atom stereocenters. The quantitative estimate of drug-likeness (QED) is 0.898. The van der Waals surface area contributed by atoms with Crippen LogP contribution in [0.15, 0.2) is 34.7 Å². The highest BCUT2D eigenvalue weighted by atomic mass is 16.3. The van der Waals surface area contributed by atoms with Crippen LogP contribution in [0, 0.1) is 11.8 Å². The fourth-order valence-electron chi connectivity index (χ4n) is 3.10. The van der Waals surface area contributed by atoms with Gasteiger partial charge in [0, 0.05) is 11.9 Å². The molecule has 1 heterocycles. The van der Waals surface area contributed by atoms with Gasteiger partial charge in [0.2, 0.25) is 0 Å². The van der Waals surface area contributed by atoms with Gasteiger partial charge < -0.3 is 15.5 Å². The first-order valence-corrected chi connectivity index (χ1v) is 7.25. The summed E-state index contributed by atoms with van der Waals surface area (Å²) in [6, 6.07) is 9.44. The summed E-state index contributed by atoms with van der Waals surface area (Å²) in [4.78, 5) is 12.1. The van der Waals surface area contributed by atoms with Crippen LogP contribution in [0.5, 0.6) is 0 Å². The highest BCUT2D eigenvalue weighted by molar-refractivity contribution is 5.96. The number of rotatable bonds is 4. The molecule has 0 aliphatic heterocycles. The SMILES string of the molecule is NCC1CCCC1CNC(=O)c1cc2ccccc2o1. The summed E-state index contributed by atoms with van der Waals surface area (Å²) in [6.45, 7) is 1.41. The largest absolute Gasteiger partial charge is 0.451 e. The fourth-order valence-corrected chi connectivity index (χ4v) is 3.10. The highest BCUT2D eigenvalue weighted by Gasteiger charge is 2.26. The summed E-state index contributed by atoms with van der Waals surface area (Å²) in [7, 11) is 0. The Hall–Kier alpha value is -1.81. The number of benzene rings is 1. The van der Waals surface area contributed by atoms with E-state index in [9.17, 15) is 4.79 Å². The predicted octanol–water partition coefficient (Wildman–Crippen LogP) is 2.54. The molecule has 1 amide bonds. The molecule has 1 fully saturated rings. The Morgan fingerprint density at radius 1 is 1.30 bits per heavy atom. The lowest BCUT2D eigenvalue weighted by Crippen LogP contribution is -2.32. The minimum Gasteiger partial charge on any atom is -0.451 e. The molecule has 0 bridgehead atoms. The number of hydrogen-bond acceptors (Lipinski definition) is 3. The molecule has 1 aromatic heterocycles. The topological polar surface area (TPSA) is 68.3 Å². The minimum absolute atomic E-state index is 0.135. The monoisotopic (exact) mass is 272 g/mol. The minimum atomic E-state index is -0.135. The molecule has 4 nitrogen and oxygen atoms in total. The molecular formula is C16H20N2O2. The van der Waals surface area contributed by atoms with E-state index in [0.29, 0.717) is 30.7 Å². The number of carbonyl (C=O) groups excluding carboxylic acids is 1. The van der Waals surface area contributed by atoms with Crippen LogP contribution in [0.4, 0.5) is 0 Å². The number of hydrogen-bond donors (Lipinski definition) is 2. The first-order chi connectivity index (χ1) is 9.78. The van der Waals surface area contributed by atoms with E-state index in [0.717, 1.165) is 17.4 Å². The van der Waals surface area contributed by atoms with Crippen LogP contribution in [0.25, 0.3) is 11.0 Å².